The van der Waals surface area contributed by atoms with Crippen molar-refractivity contribution in [1.82, 2.24) is 9.21 Å². The first-order valence-electron chi connectivity index (χ1n) is 11.1. The summed E-state index contributed by atoms with van der Waals surface area (Å²) in [6.07, 6.45) is 0. The summed E-state index contributed by atoms with van der Waals surface area (Å²) in [6.45, 7) is 4.57. The fraction of sp³-hybridized carbons (Fsp3) is 0.240. The van der Waals surface area contributed by atoms with Crippen molar-refractivity contribution in [3.8, 4) is 0 Å². The van der Waals surface area contributed by atoms with Crippen LogP contribution in [0.3, 0.4) is 0 Å². The highest BCUT2D eigenvalue weighted by Crippen LogP contribution is 2.23. The normalized spacial score (nSPS) is 15.1. The number of carbonyl (C=O) groups excluding carboxylic acids is 1. The number of anilines is 1. The van der Waals surface area contributed by atoms with Crippen LogP contribution in [0.4, 0.5) is 5.69 Å². The third-order valence-electron chi connectivity index (χ3n) is 5.96. The first kappa shape index (κ1) is 24.9. The topological polar surface area (TPSA) is 104 Å². The second-order valence-corrected chi connectivity index (χ2v) is 12.1. The fourth-order valence-electron chi connectivity index (χ4n) is 3.89. The Morgan fingerprint density at radius 3 is 2.00 bits per heavy atom. The van der Waals surface area contributed by atoms with Gasteiger partial charge in [-0.25, -0.2) is 16.8 Å². The Bertz CT molecular complexity index is 1430. The molecule has 1 saturated heterocycles. The Morgan fingerprint density at radius 2 is 1.40 bits per heavy atom. The van der Waals surface area contributed by atoms with Crippen molar-refractivity contribution >= 4 is 31.6 Å². The molecule has 0 aliphatic carbocycles. The number of sulfonamides is 2. The molecule has 4 rings (SSSR count). The minimum Gasteiger partial charge on any atom is -0.336 e. The number of carbonyl (C=O) groups is 1. The average Bonchev–Trinajstić information content (AvgIpc) is 2.85. The third kappa shape index (κ3) is 5.39. The molecule has 1 N–H and O–H groups in total. The average molecular weight is 514 g/mol. The molecule has 35 heavy (non-hydrogen) atoms. The van der Waals surface area contributed by atoms with E-state index in [2.05, 4.69) is 4.72 Å². The third-order valence-corrected chi connectivity index (χ3v) is 9.25. The summed E-state index contributed by atoms with van der Waals surface area (Å²) in [5, 5.41) is 0. The highest BCUT2D eigenvalue weighted by atomic mass is 32.2. The molecule has 0 aromatic heterocycles. The molecule has 0 radical (unpaired) electrons. The number of hydrogen-bond acceptors (Lipinski definition) is 5. The molecule has 1 heterocycles. The number of benzene rings is 3. The summed E-state index contributed by atoms with van der Waals surface area (Å²) in [5.41, 5.74) is 2.39. The molecule has 3 aromatic carbocycles. The second kappa shape index (κ2) is 9.80. The predicted molar refractivity (Wildman–Crippen MR) is 134 cm³/mol. The molecule has 1 fully saturated rings. The molecule has 184 valence electrons. The molecule has 8 nitrogen and oxygen atoms in total. The van der Waals surface area contributed by atoms with Crippen LogP contribution in [0.5, 0.6) is 0 Å². The van der Waals surface area contributed by atoms with Gasteiger partial charge in [0, 0.05) is 31.7 Å². The zero-order valence-corrected chi connectivity index (χ0v) is 21.1. The largest absolute Gasteiger partial charge is 0.336 e. The zero-order chi connectivity index (χ0) is 25.2. The van der Waals surface area contributed by atoms with Gasteiger partial charge in [-0.1, -0.05) is 35.9 Å². The van der Waals surface area contributed by atoms with Gasteiger partial charge in [0.05, 0.1) is 15.5 Å². The minimum atomic E-state index is -3.74. The van der Waals surface area contributed by atoms with E-state index < -0.39 is 20.0 Å². The summed E-state index contributed by atoms with van der Waals surface area (Å²) in [5.74, 6) is -0.224. The SMILES string of the molecule is Cc1ccc(S(=O)(=O)N2CCN(C(=O)c3ccc(NS(=O)(=O)c4ccccc4)c(C)c3)CC2)cc1. The summed E-state index contributed by atoms with van der Waals surface area (Å²) >= 11 is 0. The highest BCUT2D eigenvalue weighted by molar-refractivity contribution is 7.92. The molecular weight excluding hydrogens is 486 g/mol. The van der Waals surface area contributed by atoms with E-state index in [1.165, 1.54) is 16.4 Å². The quantitative estimate of drug-likeness (QED) is 0.545. The van der Waals surface area contributed by atoms with Crippen LogP contribution in [-0.4, -0.2) is 58.1 Å². The van der Waals surface area contributed by atoms with Gasteiger partial charge in [0.1, 0.15) is 0 Å². The van der Waals surface area contributed by atoms with E-state index >= 15 is 0 Å². The van der Waals surface area contributed by atoms with Crippen molar-refractivity contribution in [3.63, 3.8) is 0 Å². The monoisotopic (exact) mass is 513 g/mol. The summed E-state index contributed by atoms with van der Waals surface area (Å²) < 4.78 is 55.0. The number of piperazine rings is 1. The van der Waals surface area contributed by atoms with Gasteiger partial charge in [0.15, 0.2) is 0 Å². The van der Waals surface area contributed by atoms with Crippen LogP contribution in [0.25, 0.3) is 0 Å². The summed E-state index contributed by atoms with van der Waals surface area (Å²) in [7, 11) is -7.36. The van der Waals surface area contributed by atoms with E-state index in [1.54, 1.807) is 72.5 Å². The Morgan fingerprint density at radius 1 is 0.771 bits per heavy atom. The summed E-state index contributed by atoms with van der Waals surface area (Å²) in [6, 6.07) is 19.6. The smallest absolute Gasteiger partial charge is 0.261 e. The van der Waals surface area contributed by atoms with Gasteiger partial charge in [-0.2, -0.15) is 4.31 Å². The standard InChI is InChI=1S/C25H27N3O5S2/c1-19-8-11-23(12-9-19)35(32,33)28-16-14-27(15-17-28)25(29)21-10-13-24(20(2)18-21)26-34(30,31)22-6-4-3-5-7-22/h3-13,18,26H,14-17H2,1-2H3. The van der Waals surface area contributed by atoms with Crippen molar-refractivity contribution in [2.45, 2.75) is 23.6 Å². The maximum atomic E-state index is 13.1. The van der Waals surface area contributed by atoms with Crippen LogP contribution >= 0.6 is 0 Å². The maximum Gasteiger partial charge on any atom is 0.261 e. The van der Waals surface area contributed by atoms with E-state index in [-0.39, 0.29) is 41.9 Å². The van der Waals surface area contributed by atoms with E-state index in [0.29, 0.717) is 16.8 Å². The van der Waals surface area contributed by atoms with E-state index in [1.807, 2.05) is 6.92 Å². The molecule has 1 amide bonds. The van der Waals surface area contributed by atoms with Gasteiger partial charge in [-0.15, -0.1) is 0 Å². The van der Waals surface area contributed by atoms with Crippen molar-refractivity contribution in [3.05, 3.63) is 89.5 Å². The van der Waals surface area contributed by atoms with E-state index in [9.17, 15) is 21.6 Å². The number of amides is 1. The van der Waals surface area contributed by atoms with Crippen LogP contribution in [0.1, 0.15) is 21.5 Å². The first-order valence-corrected chi connectivity index (χ1v) is 14.0. The van der Waals surface area contributed by atoms with Crippen LogP contribution in [0, 0.1) is 13.8 Å². The van der Waals surface area contributed by atoms with Gasteiger partial charge in [-0.3, -0.25) is 9.52 Å². The zero-order valence-electron chi connectivity index (χ0n) is 19.5. The molecule has 0 unspecified atom stereocenters. The number of aryl methyl sites for hydroxylation is 2. The van der Waals surface area contributed by atoms with Gasteiger partial charge in [0.2, 0.25) is 10.0 Å². The van der Waals surface area contributed by atoms with E-state index in [0.717, 1.165) is 5.56 Å². The lowest BCUT2D eigenvalue weighted by Crippen LogP contribution is -2.50. The molecular formula is C25H27N3O5S2. The molecule has 10 heteroatoms. The molecule has 0 bridgehead atoms. The highest BCUT2D eigenvalue weighted by Gasteiger charge is 2.30. The van der Waals surface area contributed by atoms with Crippen LogP contribution in [0.2, 0.25) is 0 Å². The Hall–Kier alpha value is -3.21. The Labute approximate surface area is 206 Å². The predicted octanol–water partition coefficient (Wildman–Crippen LogP) is 3.25. The van der Waals surface area contributed by atoms with Crippen LogP contribution < -0.4 is 4.72 Å². The summed E-state index contributed by atoms with van der Waals surface area (Å²) in [4.78, 5) is 15.1. The van der Waals surface area contributed by atoms with Crippen molar-refractivity contribution in [1.29, 1.82) is 0 Å². The molecule has 0 spiro atoms. The first-order chi connectivity index (χ1) is 16.6. The molecule has 1 aliphatic rings. The Kier molecular flexibility index (Phi) is 6.98. The van der Waals surface area contributed by atoms with Crippen molar-refractivity contribution < 1.29 is 21.6 Å². The molecule has 1 aliphatic heterocycles. The van der Waals surface area contributed by atoms with Gasteiger partial charge < -0.3 is 4.90 Å². The van der Waals surface area contributed by atoms with Gasteiger partial charge in [-0.05, 0) is 61.9 Å². The van der Waals surface area contributed by atoms with Gasteiger partial charge in [0.25, 0.3) is 15.9 Å². The van der Waals surface area contributed by atoms with Crippen LogP contribution in [0.15, 0.2) is 82.6 Å². The fourth-order valence-corrected chi connectivity index (χ4v) is 6.46. The lowest BCUT2D eigenvalue weighted by atomic mass is 10.1. The number of nitrogens with one attached hydrogen (secondary N) is 1. The minimum absolute atomic E-state index is 0.151. The maximum absolute atomic E-state index is 13.1. The Balaban J connectivity index is 1.42. The van der Waals surface area contributed by atoms with Crippen molar-refractivity contribution in [2.24, 2.45) is 0 Å². The second-order valence-electron chi connectivity index (χ2n) is 8.46. The number of rotatable bonds is 6. The van der Waals surface area contributed by atoms with E-state index in [4.69, 9.17) is 0 Å². The van der Waals surface area contributed by atoms with Crippen LogP contribution in [-0.2, 0) is 20.0 Å². The lowest BCUT2D eigenvalue weighted by molar-refractivity contribution is 0.0698. The molecule has 3 aromatic rings. The number of hydrogen-bond donors (Lipinski definition) is 1. The number of nitrogens with zero attached hydrogens (tertiary/aromatic N) is 2. The lowest BCUT2D eigenvalue weighted by Gasteiger charge is -2.34. The van der Waals surface area contributed by atoms with Crippen molar-refractivity contribution in [2.75, 3.05) is 30.9 Å². The van der Waals surface area contributed by atoms with Gasteiger partial charge >= 0.3 is 0 Å². The molecule has 0 atom stereocenters. The molecule has 0 saturated carbocycles.